The summed E-state index contributed by atoms with van der Waals surface area (Å²) in [6.45, 7) is 13.0. The summed E-state index contributed by atoms with van der Waals surface area (Å²) >= 11 is 0. The topological polar surface area (TPSA) is 0 Å². The van der Waals surface area contributed by atoms with Gasteiger partial charge in [0.15, 0.2) is 0 Å². The summed E-state index contributed by atoms with van der Waals surface area (Å²) in [6, 6.07) is 8.99. The molecule has 1 rings (SSSR count). The van der Waals surface area contributed by atoms with Crippen molar-refractivity contribution < 1.29 is 0 Å². The maximum atomic E-state index is 2.35. The van der Waals surface area contributed by atoms with E-state index in [1.165, 1.54) is 89.4 Å². The fourth-order valence-corrected chi connectivity index (χ4v) is 4.00. The van der Waals surface area contributed by atoms with Crippen LogP contribution in [-0.4, -0.2) is 19.6 Å². The Morgan fingerprint density at radius 1 is 0.667 bits per heavy atom. The van der Waals surface area contributed by atoms with Crippen molar-refractivity contribution in [3.63, 3.8) is 0 Å². The van der Waals surface area contributed by atoms with Crippen molar-refractivity contribution in [2.24, 2.45) is 0 Å². The predicted molar refractivity (Wildman–Crippen MR) is 111 cm³/mol. The van der Waals surface area contributed by atoms with Gasteiger partial charge in [-0.15, -0.1) is 0 Å². The van der Waals surface area contributed by atoms with Crippen LogP contribution in [0.5, 0.6) is 0 Å². The molecule has 0 amide bonds. The molecule has 0 unspecified atom stereocenters. The molecule has 0 bridgehead atoms. The van der Waals surface area contributed by atoms with Crippen LogP contribution < -0.4 is 4.48 Å². The zero-order valence-electron chi connectivity index (χ0n) is 16.9. The van der Waals surface area contributed by atoms with Crippen LogP contribution in [-0.2, 0) is 0 Å². The van der Waals surface area contributed by atoms with Crippen molar-refractivity contribution in [3.05, 3.63) is 29.8 Å². The highest BCUT2D eigenvalue weighted by atomic mass is 15.3. The lowest BCUT2D eigenvalue weighted by Crippen LogP contribution is -2.50. The molecule has 1 heteroatoms. The lowest BCUT2D eigenvalue weighted by atomic mass is 10.1. The van der Waals surface area contributed by atoms with Gasteiger partial charge in [-0.25, -0.2) is 0 Å². The van der Waals surface area contributed by atoms with Gasteiger partial charge in [-0.2, -0.15) is 0 Å². The number of rotatable bonds is 14. The van der Waals surface area contributed by atoms with Crippen LogP contribution in [0, 0.1) is 6.92 Å². The Kier molecular flexibility index (Phi) is 11.1. The molecule has 0 fully saturated rings. The van der Waals surface area contributed by atoms with E-state index in [1.54, 1.807) is 5.69 Å². The van der Waals surface area contributed by atoms with E-state index in [9.17, 15) is 0 Å². The molecule has 1 nitrogen and oxygen atoms in total. The third-order valence-corrected chi connectivity index (χ3v) is 5.78. The standard InChI is InChI=1S/C23H42N/c1-5-8-9-10-11-12-13-14-15-18-21-24(6-2,7-3)23-20-17-16-19-22(23)4/h16-17,19-20H,5-15,18,21H2,1-4H3/q+1. The average Bonchev–Trinajstić information content (AvgIpc) is 2.61. The van der Waals surface area contributed by atoms with Gasteiger partial charge in [-0.3, -0.25) is 4.48 Å². The van der Waals surface area contributed by atoms with Gasteiger partial charge in [0.05, 0.1) is 19.6 Å². The monoisotopic (exact) mass is 332 g/mol. The lowest BCUT2D eigenvalue weighted by molar-refractivity contribution is 0.290. The number of aryl methyl sites for hydroxylation is 1. The molecular formula is C23H42N+. The Balaban J connectivity index is 2.29. The van der Waals surface area contributed by atoms with Crippen LogP contribution in [0.25, 0.3) is 0 Å². The van der Waals surface area contributed by atoms with Crippen LogP contribution in [0.3, 0.4) is 0 Å². The van der Waals surface area contributed by atoms with Gasteiger partial charge in [0.2, 0.25) is 0 Å². The molecule has 0 saturated carbocycles. The van der Waals surface area contributed by atoms with Crippen molar-refractivity contribution in [1.82, 2.24) is 4.48 Å². The number of benzene rings is 1. The Morgan fingerprint density at radius 2 is 1.17 bits per heavy atom. The fraction of sp³-hybridized carbons (Fsp3) is 0.739. The van der Waals surface area contributed by atoms with Crippen molar-refractivity contribution in [2.45, 2.75) is 91.9 Å². The predicted octanol–water partition coefficient (Wildman–Crippen LogP) is 7.26. The van der Waals surface area contributed by atoms with E-state index >= 15 is 0 Å². The molecule has 0 N–H and O–H groups in total. The molecule has 138 valence electrons. The molecule has 0 saturated heterocycles. The van der Waals surface area contributed by atoms with E-state index in [0.29, 0.717) is 0 Å². The summed E-state index contributed by atoms with van der Waals surface area (Å²) in [6.07, 6.45) is 14.2. The van der Waals surface area contributed by atoms with Gasteiger partial charge in [0.25, 0.3) is 0 Å². The Labute approximate surface area is 152 Å². The number of unbranched alkanes of at least 4 members (excludes halogenated alkanes) is 9. The van der Waals surface area contributed by atoms with Gasteiger partial charge < -0.3 is 0 Å². The smallest absolute Gasteiger partial charge is 0.135 e. The molecular weight excluding hydrogens is 290 g/mol. The van der Waals surface area contributed by atoms with E-state index in [1.807, 2.05) is 0 Å². The van der Waals surface area contributed by atoms with Gasteiger partial charge in [0, 0.05) is 5.56 Å². The summed E-state index contributed by atoms with van der Waals surface area (Å²) in [5.41, 5.74) is 2.99. The third-order valence-electron chi connectivity index (χ3n) is 5.78. The summed E-state index contributed by atoms with van der Waals surface area (Å²) < 4.78 is 1.16. The average molecular weight is 333 g/mol. The van der Waals surface area contributed by atoms with Crippen LogP contribution >= 0.6 is 0 Å². The third kappa shape index (κ3) is 6.97. The number of quaternary nitrogens is 1. The summed E-state index contributed by atoms with van der Waals surface area (Å²) in [4.78, 5) is 0. The van der Waals surface area contributed by atoms with Gasteiger partial charge in [-0.1, -0.05) is 76.5 Å². The van der Waals surface area contributed by atoms with E-state index in [-0.39, 0.29) is 0 Å². The number of nitrogens with zero attached hydrogens (tertiary/aromatic N) is 1. The highest BCUT2D eigenvalue weighted by Crippen LogP contribution is 2.27. The summed E-state index contributed by atoms with van der Waals surface area (Å²) in [5.74, 6) is 0. The molecule has 0 aliphatic rings. The molecule has 0 aliphatic heterocycles. The molecule has 1 aromatic carbocycles. The second-order valence-electron chi connectivity index (χ2n) is 7.47. The maximum Gasteiger partial charge on any atom is 0.135 e. The molecule has 1 aromatic rings. The highest BCUT2D eigenvalue weighted by molar-refractivity contribution is 5.49. The molecule has 0 atom stereocenters. The first-order chi connectivity index (χ1) is 11.7. The lowest BCUT2D eigenvalue weighted by Gasteiger charge is -2.37. The Morgan fingerprint density at radius 3 is 1.67 bits per heavy atom. The van der Waals surface area contributed by atoms with Crippen molar-refractivity contribution >= 4 is 5.69 Å². The second kappa shape index (κ2) is 12.5. The van der Waals surface area contributed by atoms with Crippen LogP contribution in [0.1, 0.15) is 90.5 Å². The van der Waals surface area contributed by atoms with Gasteiger partial charge >= 0.3 is 0 Å². The van der Waals surface area contributed by atoms with Crippen molar-refractivity contribution in [3.8, 4) is 0 Å². The van der Waals surface area contributed by atoms with E-state index in [0.717, 1.165) is 4.48 Å². The minimum atomic E-state index is 1.16. The SMILES string of the molecule is CCCCCCCCCCCC[N+](CC)(CC)c1ccccc1C. The molecule has 24 heavy (non-hydrogen) atoms. The van der Waals surface area contributed by atoms with E-state index in [4.69, 9.17) is 0 Å². The zero-order chi connectivity index (χ0) is 17.7. The summed E-state index contributed by atoms with van der Waals surface area (Å²) in [7, 11) is 0. The van der Waals surface area contributed by atoms with E-state index in [2.05, 4.69) is 52.0 Å². The minimum Gasteiger partial charge on any atom is -0.291 e. The first-order valence-electron chi connectivity index (χ1n) is 10.6. The first kappa shape index (κ1) is 21.2. The molecule has 0 heterocycles. The molecule has 0 aromatic heterocycles. The molecule has 0 radical (unpaired) electrons. The van der Waals surface area contributed by atoms with Crippen LogP contribution in [0.4, 0.5) is 5.69 Å². The highest BCUT2D eigenvalue weighted by Gasteiger charge is 2.27. The quantitative estimate of drug-likeness (QED) is 0.248. The number of hydrogen-bond donors (Lipinski definition) is 0. The maximum absolute atomic E-state index is 2.35. The van der Waals surface area contributed by atoms with Crippen LogP contribution in [0.2, 0.25) is 0 Å². The van der Waals surface area contributed by atoms with Gasteiger partial charge in [-0.05, 0) is 39.7 Å². The minimum absolute atomic E-state index is 1.16. The normalized spacial score (nSPS) is 11.8. The fourth-order valence-electron chi connectivity index (χ4n) is 4.00. The molecule has 0 spiro atoms. The number of para-hydroxylation sites is 1. The Bertz CT molecular complexity index is 420. The van der Waals surface area contributed by atoms with Crippen molar-refractivity contribution in [2.75, 3.05) is 19.6 Å². The molecule has 0 aliphatic carbocycles. The second-order valence-corrected chi connectivity index (χ2v) is 7.47. The first-order valence-corrected chi connectivity index (χ1v) is 10.6. The zero-order valence-corrected chi connectivity index (χ0v) is 16.9. The van der Waals surface area contributed by atoms with Crippen molar-refractivity contribution in [1.29, 1.82) is 0 Å². The van der Waals surface area contributed by atoms with Gasteiger partial charge in [0.1, 0.15) is 5.69 Å². The van der Waals surface area contributed by atoms with E-state index < -0.39 is 0 Å². The Hall–Kier alpha value is -0.820. The van der Waals surface area contributed by atoms with Crippen LogP contribution in [0.15, 0.2) is 24.3 Å². The number of hydrogen-bond acceptors (Lipinski definition) is 0. The summed E-state index contributed by atoms with van der Waals surface area (Å²) in [5, 5.41) is 0. The largest absolute Gasteiger partial charge is 0.291 e.